The lowest BCUT2D eigenvalue weighted by molar-refractivity contribution is 0.565. The van der Waals surface area contributed by atoms with E-state index in [-0.39, 0.29) is 6.04 Å². The molecule has 2 aromatic rings. The number of hydrogen-bond acceptors (Lipinski definition) is 3. The van der Waals surface area contributed by atoms with Crippen molar-refractivity contribution in [1.29, 1.82) is 0 Å². The second-order valence-corrected chi connectivity index (χ2v) is 5.17. The van der Waals surface area contributed by atoms with Gasteiger partial charge in [0.25, 0.3) is 0 Å². The number of pyridine rings is 1. The molecule has 0 aliphatic carbocycles. The third-order valence-electron chi connectivity index (χ3n) is 2.74. The van der Waals surface area contributed by atoms with E-state index in [0.29, 0.717) is 10.0 Å². The third kappa shape index (κ3) is 3.47. The van der Waals surface area contributed by atoms with Crippen molar-refractivity contribution in [3.8, 4) is 0 Å². The summed E-state index contributed by atoms with van der Waals surface area (Å²) in [6.07, 6.45) is 4.53. The summed E-state index contributed by atoms with van der Waals surface area (Å²) in [4.78, 5) is 4.34. The van der Waals surface area contributed by atoms with E-state index in [1.165, 1.54) is 0 Å². The van der Waals surface area contributed by atoms with Crippen molar-refractivity contribution >= 4 is 23.2 Å². The van der Waals surface area contributed by atoms with Crippen molar-refractivity contribution in [2.75, 3.05) is 6.54 Å². The molecule has 0 aliphatic heterocycles. The summed E-state index contributed by atoms with van der Waals surface area (Å²) in [5.41, 5.74) is 1.64. The van der Waals surface area contributed by atoms with Crippen LogP contribution in [0.2, 0.25) is 10.0 Å². The van der Waals surface area contributed by atoms with Crippen LogP contribution in [0.3, 0.4) is 0 Å². The number of nitrogens with one attached hydrogen (secondary N) is 1. The predicted octanol–water partition coefficient (Wildman–Crippen LogP) is 3.21. The average Bonchev–Trinajstić information content (AvgIpc) is 2.78. The highest BCUT2D eigenvalue weighted by Crippen LogP contribution is 2.27. The number of halogens is 2. The molecule has 0 aromatic carbocycles. The molecule has 0 amide bonds. The molecule has 0 spiro atoms. The van der Waals surface area contributed by atoms with E-state index in [2.05, 4.69) is 22.3 Å². The van der Waals surface area contributed by atoms with Crippen LogP contribution >= 0.6 is 23.2 Å². The summed E-state index contributed by atoms with van der Waals surface area (Å²) in [6.45, 7) is 2.97. The zero-order valence-electron chi connectivity index (χ0n) is 10.9. The van der Waals surface area contributed by atoms with Crippen LogP contribution in [0.15, 0.2) is 24.5 Å². The first-order chi connectivity index (χ1) is 9.11. The molecule has 2 heterocycles. The Morgan fingerprint density at radius 1 is 1.42 bits per heavy atom. The summed E-state index contributed by atoms with van der Waals surface area (Å²) >= 11 is 12.1. The van der Waals surface area contributed by atoms with Gasteiger partial charge in [0.1, 0.15) is 0 Å². The van der Waals surface area contributed by atoms with Gasteiger partial charge in [-0.3, -0.25) is 9.67 Å². The monoisotopic (exact) mass is 298 g/mol. The summed E-state index contributed by atoms with van der Waals surface area (Å²) < 4.78 is 1.76. The van der Waals surface area contributed by atoms with Gasteiger partial charge in [0.05, 0.1) is 27.5 Å². The molecule has 0 bridgehead atoms. The maximum absolute atomic E-state index is 6.24. The van der Waals surface area contributed by atoms with E-state index in [9.17, 15) is 0 Å². The fourth-order valence-electron chi connectivity index (χ4n) is 1.85. The van der Waals surface area contributed by atoms with Crippen molar-refractivity contribution in [3.63, 3.8) is 0 Å². The lowest BCUT2D eigenvalue weighted by Gasteiger charge is -2.17. The van der Waals surface area contributed by atoms with E-state index in [0.717, 1.165) is 24.4 Å². The van der Waals surface area contributed by atoms with Crippen molar-refractivity contribution in [2.24, 2.45) is 7.05 Å². The van der Waals surface area contributed by atoms with Gasteiger partial charge in [-0.05, 0) is 25.1 Å². The first-order valence-electron chi connectivity index (χ1n) is 6.15. The number of nitrogens with zero attached hydrogens (tertiary/aromatic N) is 3. The fourth-order valence-corrected chi connectivity index (χ4v) is 2.34. The topological polar surface area (TPSA) is 42.7 Å². The number of rotatable bonds is 5. The van der Waals surface area contributed by atoms with Gasteiger partial charge < -0.3 is 5.32 Å². The van der Waals surface area contributed by atoms with E-state index < -0.39 is 0 Å². The number of hydrogen-bond donors (Lipinski definition) is 1. The molecule has 0 radical (unpaired) electrons. The Bertz CT molecular complexity index is 553. The van der Waals surface area contributed by atoms with E-state index in [4.69, 9.17) is 23.2 Å². The molecule has 4 nitrogen and oxygen atoms in total. The van der Waals surface area contributed by atoms with Gasteiger partial charge in [-0.2, -0.15) is 5.10 Å². The molecule has 0 saturated carbocycles. The van der Waals surface area contributed by atoms with E-state index in [1.54, 1.807) is 16.9 Å². The Balaban J connectivity index is 2.36. The van der Waals surface area contributed by atoms with Crippen LogP contribution < -0.4 is 5.32 Å². The predicted molar refractivity (Wildman–Crippen MR) is 77.6 cm³/mol. The van der Waals surface area contributed by atoms with Gasteiger partial charge in [-0.1, -0.05) is 30.1 Å². The van der Waals surface area contributed by atoms with Crippen LogP contribution in [0, 0.1) is 0 Å². The molecule has 2 aromatic heterocycles. The Morgan fingerprint density at radius 3 is 2.79 bits per heavy atom. The van der Waals surface area contributed by atoms with Gasteiger partial charge in [0.15, 0.2) is 0 Å². The Hall–Kier alpha value is -1.10. The summed E-state index contributed by atoms with van der Waals surface area (Å²) in [7, 11) is 1.89. The van der Waals surface area contributed by atoms with Gasteiger partial charge in [-0.25, -0.2) is 0 Å². The normalized spacial score (nSPS) is 12.6. The van der Waals surface area contributed by atoms with Crippen LogP contribution in [-0.2, 0) is 7.05 Å². The van der Waals surface area contributed by atoms with E-state index >= 15 is 0 Å². The van der Waals surface area contributed by atoms with Gasteiger partial charge in [-0.15, -0.1) is 0 Å². The molecular formula is C13H16Cl2N4. The molecule has 102 valence electrons. The quantitative estimate of drug-likeness (QED) is 0.922. The van der Waals surface area contributed by atoms with Gasteiger partial charge in [0.2, 0.25) is 0 Å². The minimum Gasteiger partial charge on any atom is -0.304 e. The highest BCUT2D eigenvalue weighted by atomic mass is 35.5. The minimum atomic E-state index is -0.120. The fraction of sp³-hybridized carbons (Fsp3) is 0.385. The first-order valence-corrected chi connectivity index (χ1v) is 6.91. The molecule has 0 fully saturated rings. The molecule has 1 unspecified atom stereocenters. The summed E-state index contributed by atoms with van der Waals surface area (Å²) in [6, 6.07) is 3.54. The number of aromatic nitrogens is 3. The standard InChI is InChI=1S/C13H16Cl2N4/c1-3-5-16-13(11-4-6-19(2)18-11)12-10(15)7-9(14)8-17-12/h4,6-8,13,16H,3,5H2,1-2H3. The lowest BCUT2D eigenvalue weighted by atomic mass is 10.1. The van der Waals surface area contributed by atoms with Crippen molar-refractivity contribution < 1.29 is 0 Å². The zero-order chi connectivity index (χ0) is 13.8. The molecular weight excluding hydrogens is 283 g/mol. The first kappa shape index (κ1) is 14.3. The largest absolute Gasteiger partial charge is 0.304 e. The third-order valence-corrected chi connectivity index (χ3v) is 3.25. The van der Waals surface area contributed by atoms with Crippen molar-refractivity contribution in [1.82, 2.24) is 20.1 Å². The van der Waals surface area contributed by atoms with Crippen LogP contribution in [0.1, 0.15) is 30.8 Å². The summed E-state index contributed by atoms with van der Waals surface area (Å²) in [5.74, 6) is 0. The molecule has 2 rings (SSSR count). The molecule has 0 saturated heterocycles. The molecule has 1 atom stereocenters. The molecule has 6 heteroatoms. The second-order valence-electron chi connectivity index (χ2n) is 4.32. The van der Waals surface area contributed by atoms with Crippen molar-refractivity contribution in [2.45, 2.75) is 19.4 Å². The molecule has 0 aliphatic rings. The molecule has 19 heavy (non-hydrogen) atoms. The maximum atomic E-state index is 6.24. The van der Waals surface area contributed by atoms with Crippen LogP contribution in [0.25, 0.3) is 0 Å². The highest BCUT2D eigenvalue weighted by molar-refractivity contribution is 6.34. The van der Waals surface area contributed by atoms with Crippen molar-refractivity contribution in [3.05, 3.63) is 46.0 Å². The highest BCUT2D eigenvalue weighted by Gasteiger charge is 2.20. The van der Waals surface area contributed by atoms with Crippen LogP contribution in [-0.4, -0.2) is 21.3 Å². The minimum absolute atomic E-state index is 0.120. The van der Waals surface area contributed by atoms with Crippen LogP contribution in [0.5, 0.6) is 0 Å². The second kappa shape index (κ2) is 6.37. The van der Waals surface area contributed by atoms with Gasteiger partial charge in [0, 0.05) is 19.4 Å². The Kier molecular flexibility index (Phi) is 4.80. The van der Waals surface area contributed by atoms with E-state index in [1.807, 2.05) is 19.3 Å². The summed E-state index contributed by atoms with van der Waals surface area (Å²) in [5, 5.41) is 8.92. The molecule has 1 N–H and O–H groups in total. The maximum Gasteiger partial charge on any atom is 0.0958 e. The van der Waals surface area contributed by atoms with Gasteiger partial charge >= 0.3 is 0 Å². The zero-order valence-corrected chi connectivity index (χ0v) is 12.4. The average molecular weight is 299 g/mol. The lowest BCUT2D eigenvalue weighted by Crippen LogP contribution is -2.25. The number of aryl methyl sites for hydroxylation is 1. The Morgan fingerprint density at radius 2 is 2.21 bits per heavy atom. The SMILES string of the molecule is CCCNC(c1ccn(C)n1)c1ncc(Cl)cc1Cl. The smallest absolute Gasteiger partial charge is 0.0958 e. The van der Waals surface area contributed by atoms with Crippen LogP contribution in [0.4, 0.5) is 0 Å². The Labute approximate surface area is 122 Å².